The molecule has 0 aromatic carbocycles. The lowest BCUT2D eigenvalue weighted by molar-refractivity contribution is -0.126. The molecule has 3 N–H and O–H groups in total. The maximum absolute atomic E-state index is 11.7. The van der Waals surface area contributed by atoms with Crippen molar-refractivity contribution in [2.24, 2.45) is 5.73 Å². The van der Waals surface area contributed by atoms with E-state index in [9.17, 15) is 4.79 Å². The fourth-order valence-corrected chi connectivity index (χ4v) is 2.29. The Morgan fingerprint density at radius 1 is 1.53 bits per heavy atom. The van der Waals surface area contributed by atoms with Crippen LogP contribution in [0.15, 0.2) is 0 Å². The van der Waals surface area contributed by atoms with E-state index in [0.717, 1.165) is 31.4 Å². The van der Waals surface area contributed by atoms with E-state index in [1.807, 2.05) is 0 Å². The van der Waals surface area contributed by atoms with Crippen LogP contribution in [0.3, 0.4) is 0 Å². The van der Waals surface area contributed by atoms with Crippen molar-refractivity contribution in [2.75, 3.05) is 18.1 Å². The molecule has 0 unspecified atom stereocenters. The van der Waals surface area contributed by atoms with Crippen LogP contribution < -0.4 is 11.1 Å². The van der Waals surface area contributed by atoms with Crippen LogP contribution in [-0.4, -0.2) is 29.5 Å². The summed E-state index contributed by atoms with van der Waals surface area (Å²) in [4.78, 5) is 11.7. The highest BCUT2D eigenvalue weighted by molar-refractivity contribution is 7.99. The van der Waals surface area contributed by atoms with Gasteiger partial charge >= 0.3 is 0 Å². The third-order valence-electron chi connectivity index (χ3n) is 2.67. The predicted molar refractivity (Wildman–Crippen MR) is 64.6 cm³/mol. The van der Waals surface area contributed by atoms with E-state index < -0.39 is 5.54 Å². The summed E-state index contributed by atoms with van der Waals surface area (Å²) in [6.45, 7) is 0.657. The molecular formula is C11H18N2OS. The van der Waals surface area contributed by atoms with Crippen LogP contribution in [0.4, 0.5) is 0 Å². The number of carbonyl (C=O) groups excluding carboxylic acids is 1. The molecule has 0 aromatic heterocycles. The van der Waals surface area contributed by atoms with E-state index in [1.165, 1.54) is 0 Å². The minimum atomic E-state index is -0.600. The summed E-state index contributed by atoms with van der Waals surface area (Å²) in [5, 5.41) is 2.87. The second-order valence-corrected chi connectivity index (χ2v) is 4.98. The molecule has 1 fully saturated rings. The van der Waals surface area contributed by atoms with Gasteiger partial charge in [-0.25, -0.2) is 0 Å². The van der Waals surface area contributed by atoms with Gasteiger partial charge in [0.1, 0.15) is 0 Å². The van der Waals surface area contributed by atoms with Crippen LogP contribution in [0, 0.1) is 12.3 Å². The molecule has 0 bridgehead atoms. The normalized spacial score (nSPS) is 18.4. The van der Waals surface area contributed by atoms with Gasteiger partial charge in [-0.05, 0) is 12.8 Å². The van der Waals surface area contributed by atoms with Crippen LogP contribution in [-0.2, 0) is 4.79 Å². The minimum absolute atomic E-state index is 0.00121. The Bertz CT molecular complexity index is 254. The molecule has 0 spiro atoms. The molecule has 0 saturated heterocycles. The van der Waals surface area contributed by atoms with Crippen molar-refractivity contribution in [3.05, 3.63) is 0 Å². The molecule has 15 heavy (non-hydrogen) atoms. The molecule has 4 heteroatoms. The average Bonchev–Trinajstić information content (AvgIpc) is 2.66. The van der Waals surface area contributed by atoms with Gasteiger partial charge in [0.05, 0.1) is 11.3 Å². The number of thioether (sulfide) groups is 1. The molecule has 3 nitrogen and oxygen atoms in total. The van der Waals surface area contributed by atoms with Crippen molar-refractivity contribution in [1.29, 1.82) is 0 Å². The Labute approximate surface area is 95.6 Å². The number of rotatable bonds is 5. The Balaban J connectivity index is 2.16. The first-order chi connectivity index (χ1) is 7.19. The van der Waals surface area contributed by atoms with Gasteiger partial charge in [0.25, 0.3) is 0 Å². The quantitative estimate of drug-likeness (QED) is 0.537. The lowest BCUT2D eigenvalue weighted by atomic mass is 9.98. The highest BCUT2D eigenvalue weighted by Gasteiger charge is 2.36. The van der Waals surface area contributed by atoms with Crippen LogP contribution in [0.1, 0.15) is 25.7 Å². The second kappa shape index (κ2) is 6.04. The smallest absolute Gasteiger partial charge is 0.240 e. The maximum atomic E-state index is 11.7. The van der Waals surface area contributed by atoms with Crippen LogP contribution in [0.25, 0.3) is 0 Å². The van der Waals surface area contributed by atoms with Gasteiger partial charge in [0, 0.05) is 12.3 Å². The van der Waals surface area contributed by atoms with E-state index in [-0.39, 0.29) is 5.91 Å². The van der Waals surface area contributed by atoms with Crippen molar-refractivity contribution < 1.29 is 4.79 Å². The molecule has 1 rings (SSSR count). The number of hydrogen-bond donors (Lipinski definition) is 2. The summed E-state index contributed by atoms with van der Waals surface area (Å²) in [6, 6.07) is 0. The molecule has 0 aromatic rings. The number of amides is 1. The molecule has 1 saturated carbocycles. The highest BCUT2D eigenvalue weighted by Crippen LogP contribution is 2.27. The first-order valence-corrected chi connectivity index (χ1v) is 6.43. The maximum Gasteiger partial charge on any atom is 0.240 e. The van der Waals surface area contributed by atoms with E-state index >= 15 is 0 Å². The molecule has 0 radical (unpaired) electrons. The monoisotopic (exact) mass is 226 g/mol. The Hall–Kier alpha value is -0.660. The highest BCUT2D eigenvalue weighted by atomic mass is 32.2. The molecule has 84 valence electrons. The van der Waals surface area contributed by atoms with Crippen LogP contribution >= 0.6 is 11.8 Å². The zero-order chi connectivity index (χ0) is 11.1. The van der Waals surface area contributed by atoms with Crippen molar-refractivity contribution in [3.8, 4) is 12.3 Å². The van der Waals surface area contributed by atoms with Crippen molar-refractivity contribution >= 4 is 17.7 Å². The average molecular weight is 226 g/mol. The summed E-state index contributed by atoms with van der Waals surface area (Å²) in [5.74, 6) is 4.10. The van der Waals surface area contributed by atoms with Gasteiger partial charge in [-0.15, -0.1) is 18.2 Å². The fourth-order valence-electron chi connectivity index (χ4n) is 1.78. The Kier molecular flexibility index (Phi) is 5.00. The number of nitrogens with two attached hydrogens (primary N) is 1. The molecule has 0 heterocycles. The third kappa shape index (κ3) is 3.77. The number of hydrogen-bond acceptors (Lipinski definition) is 3. The first-order valence-electron chi connectivity index (χ1n) is 5.27. The SMILES string of the molecule is C#CCSCCNC(=O)C1(N)CCCC1. The standard InChI is InChI=1S/C11H18N2OS/c1-2-8-15-9-7-13-10(14)11(12)5-3-4-6-11/h1H,3-9,12H2,(H,13,14). The van der Waals surface area contributed by atoms with Crippen LogP contribution in [0.5, 0.6) is 0 Å². The zero-order valence-electron chi connectivity index (χ0n) is 8.92. The number of carbonyl (C=O) groups is 1. The Morgan fingerprint density at radius 2 is 2.20 bits per heavy atom. The zero-order valence-corrected chi connectivity index (χ0v) is 9.74. The second-order valence-electron chi connectivity index (χ2n) is 3.88. The van der Waals surface area contributed by atoms with Gasteiger partial charge in [-0.2, -0.15) is 0 Å². The van der Waals surface area contributed by atoms with Crippen molar-refractivity contribution in [1.82, 2.24) is 5.32 Å². The van der Waals surface area contributed by atoms with Crippen molar-refractivity contribution in [3.63, 3.8) is 0 Å². The molecular weight excluding hydrogens is 208 g/mol. The molecule has 0 aliphatic heterocycles. The van der Waals surface area contributed by atoms with Gasteiger partial charge in [-0.3, -0.25) is 4.79 Å². The summed E-state index contributed by atoms with van der Waals surface area (Å²) in [5.41, 5.74) is 5.39. The van der Waals surface area contributed by atoms with Gasteiger partial charge in [0.2, 0.25) is 5.91 Å². The van der Waals surface area contributed by atoms with E-state index in [1.54, 1.807) is 11.8 Å². The molecule has 1 amide bonds. The topological polar surface area (TPSA) is 55.1 Å². The summed E-state index contributed by atoms with van der Waals surface area (Å²) in [6.07, 6.45) is 8.88. The van der Waals surface area contributed by atoms with Crippen LogP contribution in [0.2, 0.25) is 0 Å². The number of terminal acetylenes is 1. The summed E-state index contributed by atoms with van der Waals surface area (Å²) < 4.78 is 0. The predicted octanol–water partition coefficient (Wildman–Crippen LogP) is 0.740. The number of nitrogens with one attached hydrogen (secondary N) is 1. The fraction of sp³-hybridized carbons (Fsp3) is 0.727. The van der Waals surface area contributed by atoms with E-state index in [2.05, 4.69) is 11.2 Å². The van der Waals surface area contributed by atoms with E-state index in [4.69, 9.17) is 12.2 Å². The largest absolute Gasteiger partial charge is 0.354 e. The third-order valence-corrected chi connectivity index (χ3v) is 3.53. The van der Waals surface area contributed by atoms with Gasteiger partial charge < -0.3 is 11.1 Å². The summed E-state index contributed by atoms with van der Waals surface area (Å²) in [7, 11) is 0. The summed E-state index contributed by atoms with van der Waals surface area (Å²) >= 11 is 1.65. The van der Waals surface area contributed by atoms with Gasteiger partial charge in [0.15, 0.2) is 0 Å². The molecule has 1 aliphatic carbocycles. The van der Waals surface area contributed by atoms with Gasteiger partial charge in [-0.1, -0.05) is 18.8 Å². The lowest BCUT2D eigenvalue weighted by Gasteiger charge is -2.22. The van der Waals surface area contributed by atoms with Crippen molar-refractivity contribution in [2.45, 2.75) is 31.2 Å². The lowest BCUT2D eigenvalue weighted by Crippen LogP contribution is -2.52. The Morgan fingerprint density at radius 3 is 2.80 bits per heavy atom. The first kappa shape index (κ1) is 12.4. The van der Waals surface area contributed by atoms with E-state index in [0.29, 0.717) is 12.3 Å². The molecule has 0 atom stereocenters. The minimum Gasteiger partial charge on any atom is -0.354 e. The molecule has 1 aliphatic rings.